The number of halogens is 1. The number of nitrogens with zero attached hydrogens (tertiary/aromatic N) is 2. The van der Waals surface area contributed by atoms with Gasteiger partial charge in [-0.2, -0.15) is 0 Å². The Morgan fingerprint density at radius 1 is 1.20 bits per heavy atom. The van der Waals surface area contributed by atoms with E-state index in [0.717, 1.165) is 37.9 Å². The van der Waals surface area contributed by atoms with Crippen molar-refractivity contribution in [1.82, 2.24) is 15.5 Å². The van der Waals surface area contributed by atoms with Gasteiger partial charge in [-0.3, -0.25) is 4.79 Å². The maximum atomic E-state index is 11.9. The van der Waals surface area contributed by atoms with E-state index in [1.807, 2.05) is 4.90 Å². The van der Waals surface area contributed by atoms with Crippen LogP contribution in [0.15, 0.2) is 29.3 Å². The topological polar surface area (TPSA) is 56.7 Å². The van der Waals surface area contributed by atoms with Crippen molar-refractivity contribution < 1.29 is 4.79 Å². The Morgan fingerprint density at radius 2 is 1.97 bits per heavy atom. The van der Waals surface area contributed by atoms with Crippen molar-refractivity contribution in [2.45, 2.75) is 72.4 Å². The second-order valence-corrected chi connectivity index (χ2v) is 9.24. The Balaban J connectivity index is 0.00000320. The minimum Gasteiger partial charge on any atom is -0.357 e. The van der Waals surface area contributed by atoms with Gasteiger partial charge in [-0.05, 0) is 55.1 Å². The highest BCUT2D eigenvalue weighted by Gasteiger charge is 2.37. The van der Waals surface area contributed by atoms with Gasteiger partial charge in [0.25, 0.3) is 0 Å². The van der Waals surface area contributed by atoms with E-state index in [0.29, 0.717) is 24.9 Å². The van der Waals surface area contributed by atoms with Crippen LogP contribution in [0.4, 0.5) is 0 Å². The fourth-order valence-electron chi connectivity index (χ4n) is 4.70. The number of benzene rings is 1. The lowest BCUT2D eigenvalue weighted by atomic mass is 9.64. The van der Waals surface area contributed by atoms with E-state index >= 15 is 0 Å². The van der Waals surface area contributed by atoms with E-state index in [1.165, 1.54) is 36.8 Å². The number of nitrogens with one attached hydrogen (secondary N) is 2. The van der Waals surface area contributed by atoms with Crippen molar-refractivity contribution in [2.24, 2.45) is 16.3 Å². The summed E-state index contributed by atoms with van der Waals surface area (Å²) in [7, 11) is 0. The van der Waals surface area contributed by atoms with Crippen LogP contribution in [0, 0.1) is 11.3 Å². The third kappa shape index (κ3) is 7.13. The van der Waals surface area contributed by atoms with Crippen molar-refractivity contribution >= 4 is 35.8 Å². The smallest absolute Gasteiger partial charge is 0.222 e. The summed E-state index contributed by atoms with van der Waals surface area (Å²) in [6, 6.07) is 8.49. The predicted molar refractivity (Wildman–Crippen MR) is 135 cm³/mol. The van der Waals surface area contributed by atoms with Crippen LogP contribution in [0.1, 0.15) is 70.4 Å². The fourth-order valence-corrected chi connectivity index (χ4v) is 4.70. The van der Waals surface area contributed by atoms with E-state index < -0.39 is 0 Å². The Morgan fingerprint density at radius 3 is 2.57 bits per heavy atom. The molecule has 2 fully saturated rings. The number of aliphatic imine (C=N–C) groups is 1. The molecular formula is C24H39IN4O. The Hall–Kier alpha value is -1.31. The molecule has 1 amide bonds. The molecule has 2 aliphatic rings. The average molecular weight is 527 g/mol. The van der Waals surface area contributed by atoms with Crippen LogP contribution >= 0.6 is 24.0 Å². The molecule has 0 aromatic heterocycles. The number of carbonyl (C=O) groups excluding carboxylic acids is 1. The highest BCUT2D eigenvalue weighted by Crippen LogP contribution is 2.45. The van der Waals surface area contributed by atoms with Crippen LogP contribution in [0.25, 0.3) is 0 Å². The number of carbonyl (C=O) groups is 1. The summed E-state index contributed by atoms with van der Waals surface area (Å²) < 4.78 is 0. The number of hydrogen-bond acceptors (Lipinski definition) is 2. The molecule has 3 rings (SSSR count). The van der Waals surface area contributed by atoms with Crippen LogP contribution in [-0.4, -0.2) is 36.4 Å². The molecule has 1 aliphatic heterocycles. The highest BCUT2D eigenvalue weighted by molar-refractivity contribution is 14.0. The van der Waals surface area contributed by atoms with Crippen LogP contribution in [-0.2, 0) is 17.9 Å². The fraction of sp³-hybridized carbons (Fsp3) is 0.667. The molecule has 2 N–H and O–H groups in total. The zero-order valence-electron chi connectivity index (χ0n) is 18.9. The van der Waals surface area contributed by atoms with Gasteiger partial charge in [0.2, 0.25) is 5.91 Å². The van der Waals surface area contributed by atoms with Gasteiger partial charge < -0.3 is 15.5 Å². The highest BCUT2D eigenvalue weighted by atomic mass is 127. The maximum Gasteiger partial charge on any atom is 0.222 e. The predicted octanol–water partition coefficient (Wildman–Crippen LogP) is 4.70. The minimum absolute atomic E-state index is 0. The zero-order chi connectivity index (χ0) is 20.7. The van der Waals surface area contributed by atoms with Crippen molar-refractivity contribution in [2.75, 3.05) is 19.6 Å². The van der Waals surface area contributed by atoms with Crippen LogP contribution < -0.4 is 10.6 Å². The Bertz CT molecular complexity index is 715. The normalized spacial score (nSPS) is 18.2. The Kier molecular flexibility index (Phi) is 9.91. The monoisotopic (exact) mass is 526 g/mol. The number of amides is 1. The first-order valence-corrected chi connectivity index (χ1v) is 11.4. The number of guanidine groups is 1. The summed E-state index contributed by atoms with van der Waals surface area (Å²) in [5, 5.41) is 7.00. The lowest BCUT2D eigenvalue weighted by Gasteiger charge is -2.43. The van der Waals surface area contributed by atoms with Gasteiger partial charge in [0, 0.05) is 32.6 Å². The first-order chi connectivity index (χ1) is 14.0. The molecular weight excluding hydrogens is 487 g/mol. The SMILES string of the molecule is CCNC(=NCc1cccc(CN2CCCC2=O)c1)NCC1(CC(C)C)CCC1.I. The minimum atomic E-state index is 0. The molecule has 6 heteroatoms. The summed E-state index contributed by atoms with van der Waals surface area (Å²) in [5.74, 6) is 1.92. The second kappa shape index (κ2) is 11.9. The molecule has 1 aliphatic carbocycles. The van der Waals surface area contributed by atoms with E-state index in [2.05, 4.69) is 55.7 Å². The third-order valence-corrected chi connectivity index (χ3v) is 6.19. The van der Waals surface area contributed by atoms with Gasteiger partial charge >= 0.3 is 0 Å². The molecule has 0 spiro atoms. The van der Waals surface area contributed by atoms with Crippen molar-refractivity contribution in [3.05, 3.63) is 35.4 Å². The summed E-state index contributed by atoms with van der Waals surface area (Å²) in [6.07, 6.45) is 6.98. The second-order valence-electron chi connectivity index (χ2n) is 9.24. The van der Waals surface area contributed by atoms with Crippen molar-refractivity contribution in [1.29, 1.82) is 0 Å². The molecule has 0 unspecified atom stereocenters. The molecule has 1 aromatic carbocycles. The van der Waals surface area contributed by atoms with Crippen LogP contribution in [0.2, 0.25) is 0 Å². The molecule has 0 radical (unpaired) electrons. The molecule has 0 atom stereocenters. The largest absolute Gasteiger partial charge is 0.357 e. The van der Waals surface area contributed by atoms with Gasteiger partial charge in [0.05, 0.1) is 6.54 Å². The molecule has 168 valence electrons. The van der Waals surface area contributed by atoms with Gasteiger partial charge in [-0.15, -0.1) is 24.0 Å². The maximum absolute atomic E-state index is 11.9. The van der Waals surface area contributed by atoms with Crippen molar-refractivity contribution in [3.63, 3.8) is 0 Å². The lowest BCUT2D eigenvalue weighted by Crippen LogP contribution is -2.47. The molecule has 0 bridgehead atoms. The molecule has 1 saturated carbocycles. The summed E-state index contributed by atoms with van der Waals surface area (Å²) >= 11 is 0. The third-order valence-electron chi connectivity index (χ3n) is 6.19. The molecule has 1 heterocycles. The first-order valence-electron chi connectivity index (χ1n) is 11.4. The number of rotatable bonds is 9. The van der Waals surface area contributed by atoms with Crippen LogP contribution in [0.5, 0.6) is 0 Å². The van der Waals surface area contributed by atoms with Gasteiger partial charge in [-0.25, -0.2) is 4.99 Å². The summed E-state index contributed by atoms with van der Waals surface area (Å²) in [6.45, 7) is 10.9. The van der Waals surface area contributed by atoms with Gasteiger partial charge in [0.1, 0.15) is 0 Å². The average Bonchev–Trinajstić information content (AvgIpc) is 3.06. The Labute approximate surface area is 199 Å². The van der Waals surface area contributed by atoms with E-state index in [4.69, 9.17) is 4.99 Å². The van der Waals surface area contributed by atoms with E-state index in [1.54, 1.807) is 0 Å². The van der Waals surface area contributed by atoms with Crippen molar-refractivity contribution in [3.8, 4) is 0 Å². The molecule has 1 saturated heterocycles. The van der Waals surface area contributed by atoms with E-state index in [-0.39, 0.29) is 29.9 Å². The lowest BCUT2D eigenvalue weighted by molar-refractivity contribution is -0.128. The van der Waals surface area contributed by atoms with Gasteiger partial charge in [0.15, 0.2) is 5.96 Å². The van der Waals surface area contributed by atoms with E-state index in [9.17, 15) is 4.79 Å². The quantitative estimate of drug-likeness (QED) is 0.279. The van der Waals surface area contributed by atoms with Gasteiger partial charge in [-0.1, -0.05) is 44.5 Å². The molecule has 30 heavy (non-hydrogen) atoms. The number of likely N-dealkylation sites (tertiary alicyclic amines) is 1. The first kappa shape index (κ1) is 25.0. The van der Waals surface area contributed by atoms with Crippen LogP contribution in [0.3, 0.4) is 0 Å². The summed E-state index contributed by atoms with van der Waals surface area (Å²) in [5.41, 5.74) is 2.83. The molecule has 1 aromatic rings. The number of hydrogen-bond donors (Lipinski definition) is 2. The summed E-state index contributed by atoms with van der Waals surface area (Å²) in [4.78, 5) is 18.7. The molecule has 5 nitrogen and oxygen atoms in total. The zero-order valence-corrected chi connectivity index (χ0v) is 21.2. The standard InChI is InChI=1S/C24H38N4O.HI/c1-4-25-23(27-18-24(11-7-12-24)15-19(2)3)26-16-20-8-5-9-21(14-20)17-28-13-6-10-22(28)29;/h5,8-9,14,19H,4,6-7,10-13,15-18H2,1-3H3,(H2,25,26,27);1H.